The Hall–Kier alpha value is -2.41. The van der Waals surface area contributed by atoms with E-state index in [2.05, 4.69) is 15.4 Å². The number of aliphatic hydroxyl groups is 1. The van der Waals surface area contributed by atoms with Crippen molar-refractivity contribution in [3.8, 4) is 5.69 Å². The molecule has 0 radical (unpaired) electrons. The summed E-state index contributed by atoms with van der Waals surface area (Å²) in [6, 6.07) is 8.81. The van der Waals surface area contributed by atoms with Crippen molar-refractivity contribution < 1.29 is 9.90 Å². The van der Waals surface area contributed by atoms with Gasteiger partial charge in [0, 0.05) is 13.2 Å². The highest BCUT2D eigenvalue weighted by atomic mass is 16.3. The van der Waals surface area contributed by atoms with E-state index in [0.717, 1.165) is 4.68 Å². The Labute approximate surface area is 108 Å². The van der Waals surface area contributed by atoms with Crippen LogP contribution in [0.15, 0.2) is 35.1 Å². The molecule has 1 amide bonds. The van der Waals surface area contributed by atoms with Crippen LogP contribution in [0.3, 0.4) is 0 Å². The number of nitrogens with one attached hydrogen (secondary N) is 2. The molecular formula is C12H14N4O3. The number of nitrogens with zero attached hydrogens (tertiary/aromatic N) is 2. The Balaban J connectivity index is 2.17. The number of para-hydroxylation sites is 1. The number of hydrogen-bond acceptors (Lipinski definition) is 4. The second-order valence-corrected chi connectivity index (χ2v) is 3.86. The van der Waals surface area contributed by atoms with Gasteiger partial charge in [-0.1, -0.05) is 18.2 Å². The lowest BCUT2D eigenvalue weighted by Gasteiger charge is -2.00. The zero-order chi connectivity index (χ0) is 13.7. The molecule has 1 aromatic heterocycles. The molecule has 0 spiro atoms. The second kappa shape index (κ2) is 5.96. The largest absolute Gasteiger partial charge is 0.396 e. The van der Waals surface area contributed by atoms with Gasteiger partial charge < -0.3 is 10.4 Å². The smallest absolute Gasteiger partial charge is 0.348 e. The first kappa shape index (κ1) is 13.0. The van der Waals surface area contributed by atoms with Crippen molar-refractivity contribution in [2.45, 2.75) is 6.42 Å². The first-order valence-electron chi connectivity index (χ1n) is 5.86. The number of amides is 1. The molecule has 7 heteroatoms. The maximum Gasteiger partial charge on any atom is 0.348 e. The fourth-order valence-electron chi connectivity index (χ4n) is 1.54. The maximum atomic E-state index is 11.7. The van der Waals surface area contributed by atoms with Gasteiger partial charge in [-0.05, 0) is 18.6 Å². The highest BCUT2D eigenvalue weighted by Gasteiger charge is 2.13. The summed E-state index contributed by atoms with van der Waals surface area (Å²) in [6.07, 6.45) is 0.454. The van der Waals surface area contributed by atoms with E-state index >= 15 is 0 Å². The lowest BCUT2D eigenvalue weighted by Crippen LogP contribution is -2.26. The quantitative estimate of drug-likeness (QED) is 0.642. The molecule has 2 aromatic rings. The number of hydrogen-bond donors (Lipinski definition) is 3. The predicted octanol–water partition coefficient (Wildman–Crippen LogP) is -0.327. The molecule has 0 bridgehead atoms. The van der Waals surface area contributed by atoms with E-state index in [0.29, 0.717) is 18.7 Å². The van der Waals surface area contributed by atoms with E-state index in [-0.39, 0.29) is 12.4 Å². The molecule has 1 heterocycles. The van der Waals surface area contributed by atoms with Crippen molar-refractivity contribution >= 4 is 5.91 Å². The molecule has 0 aliphatic heterocycles. The molecule has 0 saturated carbocycles. The van der Waals surface area contributed by atoms with Crippen LogP contribution in [0.5, 0.6) is 0 Å². The third-order valence-corrected chi connectivity index (χ3v) is 2.45. The first-order valence-corrected chi connectivity index (χ1v) is 5.86. The molecule has 0 saturated heterocycles. The molecule has 3 N–H and O–H groups in total. The summed E-state index contributed by atoms with van der Waals surface area (Å²) in [4.78, 5) is 25.8. The lowest BCUT2D eigenvalue weighted by molar-refractivity contribution is 0.0941. The van der Waals surface area contributed by atoms with Gasteiger partial charge in [-0.15, -0.1) is 5.10 Å². The molecule has 2 rings (SSSR count). The molecule has 19 heavy (non-hydrogen) atoms. The minimum absolute atomic E-state index is 0.00471. The van der Waals surface area contributed by atoms with Gasteiger partial charge in [-0.2, -0.15) is 4.68 Å². The number of carbonyl (C=O) groups excluding carboxylic acids is 1. The molecule has 0 aliphatic carbocycles. The molecule has 100 valence electrons. The summed E-state index contributed by atoms with van der Waals surface area (Å²) in [7, 11) is 0. The SMILES string of the molecule is O=C(NCCCO)c1nn(-c2ccccc2)c(=O)[nH]1. The number of carbonyl (C=O) groups is 1. The molecule has 0 aliphatic rings. The summed E-state index contributed by atoms with van der Waals surface area (Å²) >= 11 is 0. The third-order valence-electron chi connectivity index (χ3n) is 2.45. The van der Waals surface area contributed by atoms with Crippen LogP contribution < -0.4 is 11.0 Å². The summed E-state index contributed by atoms with van der Waals surface area (Å²) in [6.45, 7) is 0.324. The predicted molar refractivity (Wildman–Crippen MR) is 68.2 cm³/mol. The maximum absolute atomic E-state index is 11.7. The fraction of sp³-hybridized carbons (Fsp3) is 0.250. The van der Waals surface area contributed by atoms with Crippen LogP contribution in [-0.4, -0.2) is 38.9 Å². The number of H-pyrrole nitrogens is 1. The average molecular weight is 262 g/mol. The molecular weight excluding hydrogens is 248 g/mol. The monoisotopic (exact) mass is 262 g/mol. The Morgan fingerprint density at radius 2 is 2.11 bits per heavy atom. The normalized spacial score (nSPS) is 10.4. The highest BCUT2D eigenvalue weighted by Crippen LogP contribution is 2.01. The fourth-order valence-corrected chi connectivity index (χ4v) is 1.54. The topological polar surface area (TPSA) is 100 Å². The van der Waals surface area contributed by atoms with Crippen LogP contribution in [0, 0.1) is 0 Å². The molecule has 0 atom stereocenters. The number of benzene rings is 1. The van der Waals surface area contributed by atoms with Gasteiger partial charge in [-0.3, -0.25) is 9.78 Å². The van der Waals surface area contributed by atoms with Crippen molar-refractivity contribution in [1.29, 1.82) is 0 Å². The van der Waals surface area contributed by atoms with Crippen LogP contribution in [0.1, 0.15) is 17.0 Å². The summed E-state index contributed by atoms with van der Waals surface area (Å²) in [5.41, 5.74) is 0.108. The van der Waals surface area contributed by atoms with E-state index in [4.69, 9.17) is 5.11 Å². The van der Waals surface area contributed by atoms with Crippen molar-refractivity contribution in [2.24, 2.45) is 0 Å². The van der Waals surface area contributed by atoms with Crippen LogP contribution in [0.2, 0.25) is 0 Å². The Morgan fingerprint density at radius 3 is 2.79 bits per heavy atom. The van der Waals surface area contributed by atoms with Crippen molar-refractivity contribution in [1.82, 2.24) is 20.1 Å². The zero-order valence-electron chi connectivity index (χ0n) is 10.2. The molecule has 0 fully saturated rings. The number of rotatable bonds is 5. The van der Waals surface area contributed by atoms with Gasteiger partial charge >= 0.3 is 5.69 Å². The summed E-state index contributed by atoms with van der Waals surface area (Å²) in [5.74, 6) is -0.521. The zero-order valence-corrected chi connectivity index (χ0v) is 10.2. The number of aliphatic hydroxyl groups excluding tert-OH is 1. The minimum Gasteiger partial charge on any atom is -0.396 e. The van der Waals surface area contributed by atoms with E-state index < -0.39 is 11.6 Å². The van der Waals surface area contributed by atoms with E-state index in [1.165, 1.54) is 0 Å². The second-order valence-electron chi connectivity index (χ2n) is 3.86. The van der Waals surface area contributed by atoms with Crippen LogP contribution >= 0.6 is 0 Å². The van der Waals surface area contributed by atoms with Gasteiger partial charge in [0.05, 0.1) is 5.69 Å². The van der Waals surface area contributed by atoms with Gasteiger partial charge in [0.15, 0.2) is 0 Å². The minimum atomic E-state index is -0.474. The van der Waals surface area contributed by atoms with Crippen molar-refractivity contribution in [3.63, 3.8) is 0 Å². The number of aromatic amines is 1. The Morgan fingerprint density at radius 1 is 1.37 bits per heavy atom. The van der Waals surface area contributed by atoms with Gasteiger partial charge in [-0.25, -0.2) is 4.79 Å². The molecule has 0 unspecified atom stereocenters. The van der Waals surface area contributed by atoms with Gasteiger partial charge in [0.1, 0.15) is 0 Å². The highest BCUT2D eigenvalue weighted by molar-refractivity contribution is 5.90. The summed E-state index contributed by atoms with van der Waals surface area (Å²) < 4.78 is 1.13. The van der Waals surface area contributed by atoms with Crippen LogP contribution in [0.4, 0.5) is 0 Å². The van der Waals surface area contributed by atoms with E-state index in [1.54, 1.807) is 24.3 Å². The third kappa shape index (κ3) is 3.08. The lowest BCUT2D eigenvalue weighted by atomic mass is 10.3. The molecule has 7 nitrogen and oxygen atoms in total. The molecule has 1 aromatic carbocycles. The van der Waals surface area contributed by atoms with Gasteiger partial charge in [0.25, 0.3) is 5.91 Å². The number of aromatic nitrogens is 3. The van der Waals surface area contributed by atoms with Gasteiger partial charge in [0.2, 0.25) is 5.82 Å². The average Bonchev–Trinajstić information content (AvgIpc) is 2.82. The van der Waals surface area contributed by atoms with Crippen LogP contribution in [0.25, 0.3) is 5.69 Å². The van der Waals surface area contributed by atoms with Crippen molar-refractivity contribution in [2.75, 3.05) is 13.2 Å². The first-order chi connectivity index (χ1) is 9.22. The standard InChI is InChI=1S/C12H14N4O3/c17-8-4-7-13-11(18)10-14-12(19)16(15-10)9-5-2-1-3-6-9/h1-3,5-6,17H,4,7-8H2,(H,13,18)(H,14,15,19). The van der Waals surface area contributed by atoms with E-state index in [1.807, 2.05) is 6.07 Å². The Bertz CT molecular complexity index is 603. The summed E-state index contributed by atoms with van der Waals surface area (Å²) in [5, 5.41) is 15.1. The van der Waals surface area contributed by atoms with E-state index in [9.17, 15) is 9.59 Å². The van der Waals surface area contributed by atoms with Crippen LogP contribution in [-0.2, 0) is 0 Å². The van der Waals surface area contributed by atoms with Crippen molar-refractivity contribution in [3.05, 3.63) is 46.6 Å². The Kier molecular flexibility index (Phi) is 4.09.